The molecule has 0 fully saturated rings. The lowest BCUT2D eigenvalue weighted by atomic mass is 10.0. The van der Waals surface area contributed by atoms with E-state index in [0.717, 1.165) is 6.42 Å². The highest BCUT2D eigenvalue weighted by Crippen LogP contribution is 2.27. The van der Waals surface area contributed by atoms with Crippen LogP contribution < -0.4 is 0 Å². The normalized spacial score (nSPS) is 10.7. The average molecular weight is 233 g/mol. The van der Waals surface area contributed by atoms with E-state index in [4.69, 9.17) is 0 Å². The van der Waals surface area contributed by atoms with Gasteiger partial charge < -0.3 is 4.98 Å². The number of aromatic amines is 1. The SMILES string of the molecule is C=CCc1ccccc1-c1cc2ccccc2[nH]1. The quantitative estimate of drug-likeness (QED) is 0.638. The first-order valence-electron chi connectivity index (χ1n) is 6.15. The Bertz CT molecular complexity index is 658. The molecule has 18 heavy (non-hydrogen) atoms. The van der Waals surface area contributed by atoms with Crippen molar-refractivity contribution in [2.75, 3.05) is 0 Å². The number of hydrogen-bond donors (Lipinski definition) is 1. The molecule has 1 nitrogen and oxygen atoms in total. The minimum Gasteiger partial charge on any atom is -0.355 e. The molecule has 0 radical (unpaired) electrons. The number of para-hydroxylation sites is 1. The lowest BCUT2D eigenvalue weighted by Gasteiger charge is -2.05. The van der Waals surface area contributed by atoms with Gasteiger partial charge in [-0.3, -0.25) is 0 Å². The Balaban J connectivity index is 2.16. The lowest BCUT2D eigenvalue weighted by Crippen LogP contribution is -1.87. The highest BCUT2D eigenvalue weighted by atomic mass is 14.7. The number of aromatic nitrogens is 1. The minimum absolute atomic E-state index is 0.894. The summed E-state index contributed by atoms with van der Waals surface area (Å²) in [7, 11) is 0. The fourth-order valence-electron chi connectivity index (χ4n) is 2.34. The number of allylic oxidation sites excluding steroid dienone is 1. The van der Waals surface area contributed by atoms with E-state index in [0.29, 0.717) is 0 Å². The van der Waals surface area contributed by atoms with E-state index in [2.05, 4.69) is 66.2 Å². The molecule has 0 spiro atoms. The van der Waals surface area contributed by atoms with Crippen molar-refractivity contribution in [2.24, 2.45) is 0 Å². The largest absolute Gasteiger partial charge is 0.355 e. The molecule has 0 bridgehead atoms. The maximum Gasteiger partial charge on any atom is 0.0467 e. The van der Waals surface area contributed by atoms with Crippen LogP contribution in [0.3, 0.4) is 0 Å². The van der Waals surface area contributed by atoms with Gasteiger partial charge in [0.1, 0.15) is 0 Å². The summed E-state index contributed by atoms with van der Waals surface area (Å²) in [6.07, 6.45) is 2.84. The average Bonchev–Trinajstić information content (AvgIpc) is 2.83. The van der Waals surface area contributed by atoms with Crippen molar-refractivity contribution in [1.29, 1.82) is 0 Å². The Hall–Kier alpha value is -2.28. The molecule has 0 amide bonds. The highest BCUT2D eigenvalue weighted by molar-refractivity contribution is 5.86. The van der Waals surface area contributed by atoms with Crippen molar-refractivity contribution in [3.8, 4) is 11.3 Å². The fraction of sp³-hybridized carbons (Fsp3) is 0.0588. The summed E-state index contributed by atoms with van der Waals surface area (Å²) in [6.45, 7) is 3.82. The molecule has 1 aromatic heterocycles. The standard InChI is InChI=1S/C17H15N/c1-2-7-13-8-3-5-10-15(13)17-12-14-9-4-6-11-16(14)18-17/h2-6,8-12,18H,1,7H2. The number of hydrogen-bond acceptors (Lipinski definition) is 0. The van der Waals surface area contributed by atoms with E-state index in [1.54, 1.807) is 0 Å². The van der Waals surface area contributed by atoms with Crippen LogP contribution in [0.1, 0.15) is 5.56 Å². The molecule has 0 saturated carbocycles. The minimum atomic E-state index is 0.894. The Labute approximate surface area is 107 Å². The molecular formula is C17H15N. The van der Waals surface area contributed by atoms with Gasteiger partial charge in [-0.05, 0) is 24.1 Å². The van der Waals surface area contributed by atoms with Crippen LogP contribution in [0.15, 0.2) is 67.3 Å². The molecule has 0 unspecified atom stereocenters. The van der Waals surface area contributed by atoms with Gasteiger partial charge in [-0.15, -0.1) is 6.58 Å². The van der Waals surface area contributed by atoms with Crippen LogP contribution >= 0.6 is 0 Å². The monoisotopic (exact) mass is 233 g/mol. The number of H-pyrrole nitrogens is 1. The summed E-state index contributed by atoms with van der Waals surface area (Å²) in [6, 6.07) is 19.0. The highest BCUT2D eigenvalue weighted by Gasteiger charge is 2.06. The van der Waals surface area contributed by atoms with Crippen LogP contribution in [0, 0.1) is 0 Å². The van der Waals surface area contributed by atoms with Crippen LogP contribution in [-0.2, 0) is 6.42 Å². The second-order valence-electron chi connectivity index (χ2n) is 4.42. The second-order valence-corrected chi connectivity index (χ2v) is 4.42. The Morgan fingerprint density at radius 3 is 2.61 bits per heavy atom. The van der Waals surface area contributed by atoms with E-state index in [1.807, 2.05) is 6.08 Å². The smallest absolute Gasteiger partial charge is 0.0467 e. The first-order chi connectivity index (χ1) is 8.88. The van der Waals surface area contributed by atoms with E-state index in [1.165, 1.54) is 27.7 Å². The molecule has 1 heterocycles. The number of fused-ring (bicyclic) bond motifs is 1. The number of benzene rings is 2. The van der Waals surface area contributed by atoms with Gasteiger partial charge in [-0.1, -0.05) is 48.5 Å². The maximum absolute atomic E-state index is 3.82. The summed E-state index contributed by atoms with van der Waals surface area (Å²) in [4.78, 5) is 3.48. The Kier molecular flexibility index (Phi) is 2.73. The Morgan fingerprint density at radius 1 is 1.00 bits per heavy atom. The zero-order chi connectivity index (χ0) is 12.4. The van der Waals surface area contributed by atoms with E-state index >= 15 is 0 Å². The van der Waals surface area contributed by atoms with Gasteiger partial charge in [-0.25, -0.2) is 0 Å². The summed E-state index contributed by atoms with van der Waals surface area (Å²) in [5.41, 5.74) is 4.92. The van der Waals surface area contributed by atoms with Gasteiger partial charge in [0, 0.05) is 22.2 Å². The number of rotatable bonds is 3. The lowest BCUT2D eigenvalue weighted by molar-refractivity contribution is 1.27. The fourth-order valence-corrected chi connectivity index (χ4v) is 2.34. The van der Waals surface area contributed by atoms with Crippen molar-refractivity contribution in [3.05, 3.63) is 72.8 Å². The molecule has 3 rings (SSSR count). The van der Waals surface area contributed by atoms with Crippen molar-refractivity contribution >= 4 is 10.9 Å². The molecule has 88 valence electrons. The van der Waals surface area contributed by atoms with Gasteiger partial charge in [-0.2, -0.15) is 0 Å². The molecule has 2 aromatic carbocycles. The molecule has 0 aliphatic rings. The summed E-state index contributed by atoms with van der Waals surface area (Å²) < 4.78 is 0. The number of nitrogens with one attached hydrogen (secondary N) is 1. The van der Waals surface area contributed by atoms with E-state index < -0.39 is 0 Å². The Morgan fingerprint density at radius 2 is 1.78 bits per heavy atom. The van der Waals surface area contributed by atoms with Crippen LogP contribution in [0.5, 0.6) is 0 Å². The zero-order valence-electron chi connectivity index (χ0n) is 10.2. The molecule has 1 heteroatoms. The second kappa shape index (κ2) is 4.53. The molecule has 0 aliphatic carbocycles. The molecule has 0 aliphatic heterocycles. The van der Waals surface area contributed by atoms with Gasteiger partial charge >= 0.3 is 0 Å². The van der Waals surface area contributed by atoms with Crippen LogP contribution in [0.25, 0.3) is 22.2 Å². The molecule has 1 N–H and O–H groups in total. The van der Waals surface area contributed by atoms with Crippen LogP contribution in [0.4, 0.5) is 0 Å². The van der Waals surface area contributed by atoms with Gasteiger partial charge in [0.05, 0.1) is 0 Å². The molecule has 0 atom stereocenters. The molecule has 3 aromatic rings. The predicted octanol–water partition coefficient (Wildman–Crippen LogP) is 4.56. The maximum atomic E-state index is 3.82. The van der Waals surface area contributed by atoms with Crippen molar-refractivity contribution in [1.82, 2.24) is 4.98 Å². The first-order valence-corrected chi connectivity index (χ1v) is 6.15. The first kappa shape index (κ1) is 10.8. The van der Waals surface area contributed by atoms with Gasteiger partial charge in [0.2, 0.25) is 0 Å². The van der Waals surface area contributed by atoms with Crippen molar-refractivity contribution in [2.45, 2.75) is 6.42 Å². The third-order valence-electron chi connectivity index (χ3n) is 3.20. The van der Waals surface area contributed by atoms with Crippen LogP contribution in [-0.4, -0.2) is 4.98 Å². The third kappa shape index (κ3) is 1.84. The topological polar surface area (TPSA) is 15.8 Å². The van der Waals surface area contributed by atoms with E-state index in [9.17, 15) is 0 Å². The van der Waals surface area contributed by atoms with Gasteiger partial charge in [0.15, 0.2) is 0 Å². The predicted molar refractivity (Wildman–Crippen MR) is 77.6 cm³/mol. The summed E-state index contributed by atoms with van der Waals surface area (Å²) in [5, 5.41) is 1.25. The zero-order valence-corrected chi connectivity index (χ0v) is 10.2. The summed E-state index contributed by atoms with van der Waals surface area (Å²) in [5.74, 6) is 0. The van der Waals surface area contributed by atoms with Crippen molar-refractivity contribution < 1.29 is 0 Å². The van der Waals surface area contributed by atoms with Crippen LogP contribution in [0.2, 0.25) is 0 Å². The van der Waals surface area contributed by atoms with Gasteiger partial charge in [0.25, 0.3) is 0 Å². The molecule has 0 saturated heterocycles. The van der Waals surface area contributed by atoms with Crippen molar-refractivity contribution in [3.63, 3.8) is 0 Å². The van der Waals surface area contributed by atoms with E-state index in [-0.39, 0.29) is 0 Å². The molecular weight excluding hydrogens is 218 g/mol. The summed E-state index contributed by atoms with van der Waals surface area (Å²) >= 11 is 0. The third-order valence-corrected chi connectivity index (χ3v) is 3.20.